The van der Waals surface area contributed by atoms with Gasteiger partial charge >= 0.3 is 0 Å². The van der Waals surface area contributed by atoms with Gasteiger partial charge in [0.15, 0.2) is 0 Å². The first-order valence-corrected chi connectivity index (χ1v) is 6.82. The first kappa shape index (κ1) is 14.5. The van der Waals surface area contributed by atoms with Crippen LogP contribution in [-0.2, 0) is 5.60 Å². The van der Waals surface area contributed by atoms with Crippen molar-refractivity contribution >= 4 is 0 Å². The Morgan fingerprint density at radius 2 is 1.70 bits per heavy atom. The maximum absolute atomic E-state index is 13.4. The maximum Gasteiger partial charge on any atom is 0.123 e. The van der Waals surface area contributed by atoms with Gasteiger partial charge in [0.1, 0.15) is 17.2 Å². The van der Waals surface area contributed by atoms with Crippen LogP contribution in [0.15, 0.2) is 48.5 Å². The number of rotatable bonds is 5. The van der Waals surface area contributed by atoms with Crippen molar-refractivity contribution in [2.75, 3.05) is 6.61 Å². The molecule has 0 aliphatic rings. The third kappa shape index (κ3) is 2.83. The van der Waals surface area contributed by atoms with E-state index in [1.54, 1.807) is 18.2 Å². The molecular weight excluding hydrogens is 255 g/mol. The molecule has 2 aromatic rings. The highest BCUT2D eigenvalue weighted by molar-refractivity contribution is 5.40. The van der Waals surface area contributed by atoms with Crippen LogP contribution in [0.4, 0.5) is 4.39 Å². The van der Waals surface area contributed by atoms with Gasteiger partial charge in [0.2, 0.25) is 0 Å². The second-order valence-corrected chi connectivity index (χ2v) is 4.69. The SMILES string of the molecule is CCOc1cccc(C(O)(CC)c2cccc(F)c2)c1. The summed E-state index contributed by atoms with van der Waals surface area (Å²) in [4.78, 5) is 0. The number of benzene rings is 2. The van der Waals surface area contributed by atoms with Crippen LogP contribution in [-0.4, -0.2) is 11.7 Å². The minimum atomic E-state index is -1.21. The molecule has 2 rings (SSSR count). The Kier molecular flexibility index (Phi) is 4.40. The van der Waals surface area contributed by atoms with Crippen molar-refractivity contribution in [3.8, 4) is 5.75 Å². The largest absolute Gasteiger partial charge is 0.494 e. The number of halogens is 1. The predicted octanol–water partition coefficient (Wildman–Crippen LogP) is 3.87. The molecule has 3 heteroatoms. The van der Waals surface area contributed by atoms with E-state index in [4.69, 9.17) is 4.74 Å². The Morgan fingerprint density at radius 3 is 2.30 bits per heavy atom. The van der Waals surface area contributed by atoms with Crippen molar-refractivity contribution < 1.29 is 14.2 Å². The molecule has 0 saturated carbocycles. The van der Waals surface area contributed by atoms with Crippen LogP contribution >= 0.6 is 0 Å². The standard InChI is InChI=1S/C17H19FO2/c1-3-17(19,13-7-5-9-15(18)11-13)14-8-6-10-16(12-14)20-4-2/h5-12,19H,3-4H2,1-2H3. The lowest BCUT2D eigenvalue weighted by Gasteiger charge is -2.28. The number of hydrogen-bond acceptors (Lipinski definition) is 2. The summed E-state index contributed by atoms with van der Waals surface area (Å²) in [5.41, 5.74) is 0.0417. The first-order valence-electron chi connectivity index (χ1n) is 6.82. The molecule has 0 radical (unpaired) electrons. The fourth-order valence-corrected chi connectivity index (χ4v) is 2.33. The summed E-state index contributed by atoms with van der Waals surface area (Å²) in [5.74, 6) is 0.351. The summed E-state index contributed by atoms with van der Waals surface area (Å²) < 4.78 is 18.9. The van der Waals surface area contributed by atoms with Crippen LogP contribution in [0.5, 0.6) is 5.75 Å². The van der Waals surface area contributed by atoms with Gasteiger partial charge < -0.3 is 9.84 Å². The molecule has 2 nitrogen and oxygen atoms in total. The lowest BCUT2D eigenvalue weighted by atomic mass is 9.84. The fourth-order valence-electron chi connectivity index (χ4n) is 2.33. The zero-order valence-corrected chi connectivity index (χ0v) is 11.8. The molecule has 0 amide bonds. The van der Waals surface area contributed by atoms with Crippen molar-refractivity contribution in [2.24, 2.45) is 0 Å². The summed E-state index contributed by atoms with van der Waals surface area (Å²) in [7, 11) is 0. The molecule has 106 valence electrons. The molecule has 0 bridgehead atoms. The van der Waals surface area contributed by atoms with E-state index < -0.39 is 5.60 Å². The van der Waals surface area contributed by atoms with E-state index in [0.29, 0.717) is 29.9 Å². The number of aliphatic hydroxyl groups is 1. The van der Waals surface area contributed by atoms with Gasteiger partial charge in [-0.05, 0) is 48.7 Å². The average molecular weight is 274 g/mol. The van der Waals surface area contributed by atoms with E-state index in [-0.39, 0.29) is 5.82 Å². The molecule has 1 atom stereocenters. The first-order chi connectivity index (χ1) is 9.60. The van der Waals surface area contributed by atoms with Gasteiger partial charge in [-0.3, -0.25) is 0 Å². The molecule has 0 fully saturated rings. The molecule has 20 heavy (non-hydrogen) atoms. The Balaban J connectivity index is 2.47. The van der Waals surface area contributed by atoms with Gasteiger partial charge in [-0.25, -0.2) is 4.39 Å². The van der Waals surface area contributed by atoms with Crippen molar-refractivity contribution in [2.45, 2.75) is 25.9 Å². The normalized spacial score (nSPS) is 13.8. The molecule has 0 heterocycles. The Morgan fingerprint density at radius 1 is 1.05 bits per heavy atom. The smallest absolute Gasteiger partial charge is 0.123 e. The quantitative estimate of drug-likeness (QED) is 0.896. The molecule has 1 N–H and O–H groups in total. The fraction of sp³-hybridized carbons (Fsp3) is 0.294. The van der Waals surface area contributed by atoms with Crippen molar-refractivity contribution in [3.05, 3.63) is 65.5 Å². The van der Waals surface area contributed by atoms with Crippen LogP contribution in [0.3, 0.4) is 0 Å². The van der Waals surface area contributed by atoms with Gasteiger partial charge in [-0.2, -0.15) is 0 Å². The van der Waals surface area contributed by atoms with E-state index in [1.165, 1.54) is 12.1 Å². The van der Waals surface area contributed by atoms with Crippen molar-refractivity contribution in [1.29, 1.82) is 0 Å². The van der Waals surface area contributed by atoms with Gasteiger partial charge in [0, 0.05) is 0 Å². The molecule has 0 aliphatic heterocycles. The number of ether oxygens (including phenoxy) is 1. The monoisotopic (exact) mass is 274 g/mol. The zero-order valence-electron chi connectivity index (χ0n) is 11.8. The summed E-state index contributed by atoms with van der Waals surface area (Å²) in [6, 6.07) is 13.4. The second-order valence-electron chi connectivity index (χ2n) is 4.69. The van der Waals surface area contributed by atoms with E-state index in [9.17, 15) is 9.50 Å². The predicted molar refractivity (Wildman–Crippen MR) is 77.3 cm³/mol. The highest BCUT2D eigenvalue weighted by Gasteiger charge is 2.30. The van der Waals surface area contributed by atoms with E-state index in [0.717, 1.165) is 0 Å². The third-order valence-corrected chi connectivity index (χ3v) is 3.44. The Labute approximate surface area is 118 Å². The van der Waals surface area contributed by atoms with E-state index in [2.05, 4.69) is 0 Å². The van der Waals surface area contributed by atoms with Gasteiger partial charge in [-0.15, -0.1) is 0 Å². The van der Waals surface area contributed by atoms with Crippen LogP contribution < -0.4 is 4.74 Å². The summed E-state index contributed by atoms with van der Waals surface area (Å²) in [6.45, 7) is 4.34. The van der Waals surface area contributed by atoms with Crippen LogP contribution in [0.2, 0.25) is 0 Å². The van der Waals surface area contributed by atoms with Crippen LogP contribution in [0, 0.1) is 5.82 Å². The highest BCUT2D eigenvalue weighted by Crippen LogP contribution is 2.34. The summed E-state index contributed by atoms with van der Waals surface area (Å²) >= 11 is 0. The number of hydrogen-bond donors (Lipinski definition) is 1. The topological polar surface area (TPSA) is 29.5 Å². The molecule has 2 aromatic carbocycles. The van der Waals surface area contributed by atoms with Gasteiger partial charge in [-0.1, -0.05) is 31.2 Å². The van der Waals surface area contributed by atoms with Crippen LogP contribution in [0.1, 0.15) is 31.4 Å². The van der Waals surface area contributed by atoms with E-state index >= 15 is 0 Å². The zero-order chi connectivity index (χ0) is 14.6. The lowest BCUT2D eigenvalue weighted by molar-refractivity contribution is 0.0759. The Bertz CT molecular complexity index is 583. The van der Waals surface area contributed by atoms with Gasteiger partial charge in [0.25, 0.3) is 0 Å². The molecule has 1 unspecified atom stereocenters. The highest BCUT2D eigenvalue weighted by atomic mass is 19.1. The third-order valence-electron chi connectivity index (χ3n) is 3.44. The minimum absolute atomic E-state index is 0.352. The van der Waals surface area contributed by atoms with Crippen LogP contribution in [0.25, 0.3) is 0 Å². The van der Waals surface area contributed by atoms with E-state index in [1.807, 2.05) is 32.0 Å². The molecule has 0 spiro atoms. The Hall–Kier alpha value is -1.87. The molecule has 0 aliphatic carbocycles. The van der Waals surface area contributed by atoms with Gasteiger partial charge in [0.05, 0.1) is 6.61 Å². The molecule has 0 saturated heterocycles. The average Bonchev–Trinajstić information content (AvgIpc) is 2.47. The lowest BCUT2D eigenvalue weighted by Crippen LogP contribution is -2.26. The summed E-state index contributed by atoms with van der Waals surface area (Å²) in [6.07, 6.45) is 0.450. The van der Waals surface area contributed by atoms with Crippen molar-refractivity contribution in [3.63, 3.8) is 0 Å². The van der Waals surface area contributed by atoms with Crippen molar-refractivity contribution in [1.82, 2.24) is 0 Å². The summed E-state index contributed by atoms with van der Waals surface area (Å²) in [5, 5.41) is 11.0. The maximum atomic E-state index is 13.4. The molecule has 0 aromatic heterocycles. The molecular formula is C17H19FO2. The minimum Gasteiger partial charge on any atom is -0.494 e. The second kappa shape index (κ2) is 6.06.